The van der Waals surface area contributed by atoms with Gasteiger partial charge in [0.05, 0.1) is 16.7 Å². The maximum atomic E-state index is 12.3. The van der Waals surface area contributed by atoms with Crippen molar-refractivity contribution in [2.45, 2.75) is 20.4 Å². The fourth-order valence-corrected chi connectivity index (χ4v) is 2.65. The number of benzene rings is 2. The second-order valence-electron chi connectivity index (χ2n) is 6.16. The van der Waals surface area contributed by atoms with Crippen LogP contribution >= 0.6 is 11.6 Å². The molecule has 0 bridgehead atoms. The summed E-state index contributed by atoms with van der Waals surface area (Å²) in [4.78, 5) is 23.0. The number of anilines is 1. The van der Waals surface area contributed by atoms with Gasteiger partial charge in [-0.25, -0.2) is 0 Å². The summed E-state index contributed by atoms with van der Waals surface area (Å²) in [6, 6.07) is 10.9. The van der Waals surface area contributed by atoms with Gasteiger partial charge in [0, 0.05) is 29.0 Å². The van der Waals surface area contributed by atoms with Crippen LogP contribution in [0.4, 0.5) is 11.4 Å². The Hall–Kier alpha value is -3.39. The van der Waals surface area contributed by atoms with E-state index in [0.717, 1.165) is 11.3 Å². The van der Waals surface area contributed by atoms with E-state index in [4.69, 9.17) is 16.3 Å². The highest BCUT2D eigenvalue weighted by Gasteiger charge is 2.14. The maximum Gasteiger partial charge on any atom is 0.275 e. The van der Waals surface area contributed by atoms with Gasteiger partial charge in [0.25, 0.3) is 5.69 Å². The molecule has 1 heterocycles. The van der Waals surface area contributed by atoms with Gasteiger partial charge in [0.2, 0.25) is 5.91 Å². The summed E-state index contributed by atoms with van der Waals surface area (Å²) in [5, 5.41) is 18.5. The number of aryl methyl sites for hydroxylation is 2. The van der Waals surface area contributed by atoms with Crippen LogP contribution in [0.3, 0.4) is 0 Å². The topological polar surface area (TPSA) is 99.3 Å². The Morgan fingerprint density at radius 1 is 1.21 bits per heavy atom. The Kier molecular flexibility index (Phi) is 5.60. The summed E-state index contributed by atoms with van der Waals surface area (Å²) in [6.07, 6.45) is 1.59. The zero-order valence-electron chi connectivity index (χ0n) is 15.2. The van der Waals surface area contributed by atoms with Gasteiger partial charge >= 0.3 is 0 Å². The van der Waals surface area contributed by atoms with Crippen LogP contribution in [0.2, 0.25) is 5.02 Å². The number of ether oxygens (including phenoxy) is 1. The number of non-ortho nitro benzene ring substituents is 1. The van der Waals surface area contributed by atoms with E-state index < -0.39 is 4.92 Å². The minimum absolute atomic E-state index is 0.00586. The fourth-order valence-electron chi connectivity index (χ4n) is 2.54. The quantitative estimate of drug-likeness (QED) is 0.485. The van der Waals surface area contributed by atoms with Crippen LogP contribution in [-0.4, -0.2) is 20.6 Å². The molecule has 0 saturated heterocycles. The summed E-state index contributed by atoms with van der Waals surface area (Å²) < 4.78 is 7.25. The molecule has 0 radical (unpaired) electrons. The summed E-state index contributed by atoms with van der Waals surface area (Å²) >= 11 is 6.00. The number of nitro benzene ring substituents is 1. The lowest BCUT2D eigenvalue weighted by atomic mass is 10.2. The second-order valence-corrected chi connectivity index (χ2v) is 6.57. The van der Waals surface area contributed by atoms with Gasteiger partial charge in [-0.15, -0.1) is 0 Å². The van der Waals surface area contributed by atoms with Crippen molar-refractivity contribution in [3.8, 4) is 11.5 Å². The van der Waals surface area contributed by atoms with Crippen LogP contribution in [-0.2, 0) is 11.3 Å². The van der Waals surface area contributed by atoms with Crippen LogP contribution in [0.1, 0.15) is 11.3 Å². The van der Waals surface area contributed by atoms with Gasteiger partial charge < -0.3 is 10.1 Å². The predicted octanol–water partition coefficient (Wildman–Crippen LogP) is 4.49. The van der Waals surface area contributed by atoms with Crippen molar-refractivity contribution in [3.05, 3.63) is 75.1 Å². The average Bonchev–Trinajstić information content (AvgIpc) is 3.02. The van der Waals surface area contributed by atoms with E-state index in [2.05, 4.69) is 10.4 Å². The monoisotopic (exact) mass is 400 g/mol. The van der Waals surface area contributed by atoms with E-state index >= 15 is 0 Å². The number of rotatable bonds is 6. The molecule has 28 heavy (non-hydrogen) atoms. The van der Waals surface area contributed by atoms with Crippen molar-refractivity contribution in [1.29, 1.82) is 0 Å². The van der Waals surface area contributed by atoms with E-state index in [1.165, 1.54) is 22.9 Å². The molecule has 2 aromatic carbocycles. The highest BCUT2D eigenvalue weighted by atomic mass is 35.5. The minimum atomic E-state index is -0.548. The van der Waals surface area contributed by atoms with Gasteiger partial charge in [0.1, 0.15) is 18.0 Å². The summed E-state index contributed by atoms with van der Waals surface area (Å²) in [5.41, 5.74) is 1.70. The first-order valence-corrected chi connectivity index (χ1v) is 8.71. The molecule has 1 N–H and O–H groups in total. The fraction of sp³-hybridized carbons (Fsp3) is 0.158. The van der Waals surface area contributed by atoms with Crippen molar-refractivity contribution in [2.75, 3.05) is 5.32 Å². The molecule has 1 aromatic heterocycles. The second kappa shape index (κ2) is 8.10. The SMILES string of the molecule is Cc1cc(Oc2cc(NC(=O)Cn3nccc3C)cc([N+](=O)[O-])c2)ccc1Cl. The van der Waals surface area contributed by atoms with E-state index in [9.17, 15) is 14.9 Å². The summed E-state index contributed by atoms with van der Waals surface area (Å²) in [7, 11) is 0. The van der Waals surface area contributed by atoms with Crippen molar-refractivity contribution in [3.63, 3.8) is 0 Å². The Balaban J connectivity index is 1.82. The first kappa shape index (κ1) is 19.4. The molecule has 0 aliphatic carbocycles. The number of halogens is 1. The number of nitrogens with zero attached hydrogens (tertiary/aromatic N) is 3. The number of aromatic nitrogens is 2. The van der Waals surface area contributed by atoms with Crippen LogP contribution in [0.15, 0.2) is 48.7 Å². The number of amides is 1. The number of hydrogen-bond donors (Lipinski definition) is 1. The van der Waals surface area contributed by atoms with Crippen molar-refractivity contribution >= 4 is 28.9 Å². The molecule has 0 aliphatic rings. The van der Waals surface area contributed by atoms with Crippen molar-refractivity contribution < 1.29 is 14.5 Å². The number of nitrogens with one attached hydrogen (secondary N) is 1. The molecule has 0 saturated carbocycles. The molecule has 8 nitrogen and oxygen atoms in total. The minimum Gasteiger partial charge on any atom is -0.457 e. The summed E-state index contributed by atoms with van der Waals surface area (Å²) in [6.45, 7) is 3.65. The molecule has 3 rings (SSSR count). The molecule has 0 spiro atoms. The standard InChI is InChI=1S/C19H17ClN4O4/c1-12-7-16(3-4-18(12)20)28-17-9-14(8-15(10-17)24(26)27)22-19(25)11-23-13(2)5-6-21-23/h3-10H,11H2,1-2H3,(H,22,25). The highest BCUT2D eigenvalue weighted by molar-refractivity contribution is 6.31. The molecule has 1 amide bonds. The molecule has 144 valence electrons. The first-order valence-electron chi connectivity index (χ1n) is 8.33. The highest BCUT2D eigenvalue weighted by Crippen LogP contribution is 2.31. The largest absolute Gasteiger partial charge is 0.457 e. The van der Waals surface area contributed by atoms with Gasteiger partial charge in [-0.05, 0) is 43.7 Å². The lowest BCUT2D eigenvalue weighted by molar-refractivity contribution is -0.384. The third-order valence-electron chi connectivity index (χ3n) is 3.97. The lowest BCUT2D eigenvalue weighted by Crippen LogP contribution is -2.20. The van der Waals surface area contributed by atoms with Crippen molar-refractivity contribution in [2.24, 2.45) is 0 Å². The molecule has 0 unspecified atom stereocenters. The van der Waals surface area contributed by atoms with E-state index in [1.807, 2.05) is 13.8 Å². The molecular weight excluding hydrogens is 384 g/mol. The smallest absolute Gasteiger partial charge is 0.275 e. The van der Waals surface area contributed by atoms with Gasteiger partial charge in [-0.1, -0.05) is 11.6 Å². The van der Waals surface area contributed by atoms with E-state index in [1.54, 1.807) is 30.5 Å². The van der Waals surface area contributed by atoms with Crippen LogP contribution < -0.4 is 10.1 Å². The van der Waals surface area contributed by atoms with Crippen LogP contribution in [0.5, 0.6) is 11.5 Å². The van der Waals surface area contributed by atoms with Gasteiger partial charge in [-0.2, -0.15) is 5.10 Å². The number of carbonyl (C=O) groups excluding carboxylic acids is 1. The van der Waals surface area contributed by atoms with E-state index in [-0.39, 0.29) is 29.6 Å². The molecule has 3 aromatic rings. The Morgan fingerprint density at radius 2 is 2.00 bits per heavy atom. The predicted molar refractivity (Wildman–Crippen MR) is 105 cm³/mol. The maximum absolute atomic E-state index is 12.3. The zero-order valence-corrected chi connectivity index (χ0v) is 15.9. The number of carbonyl (C=O) groups is 1. The van der Waals surface area contributed by atoms with Crippen molar-refractivity contribution in [1.82, 2.24) is 9.78 Å². The normalized spacial score (nSPS) is 10.5. The number of hydrogen-bond acceptors (Lipinski definition) is 5. The van der Waals surface area contributed by atoms with Gasteiger partial charge in [-0.3, -0.25) is 19.6 Å². The molecule has 0 fully saturated rings. The van der Waals surface area contributed by atoms with Crippen LogP contribution in [0, 0.1) is 24.0 Å². The molecule has 0 aliphatic heterocycles. The first-order chi connectivity index (χ1) is 13.3. The van der Waals surface area contributed by atoms with Gasteiger partial charge in [0.15, 0.2) is 0 Å². The summed E-state index contributed by atoms with van der Waals surface area (Å²) in [5.74, 6) is 0.342. The number of nitro groups is 1. The Labute approximate surface area is 165 Å². The third-order valence-corrected chi connectivity index (χ3v) is 4.40. The zero-order chi connectivity index (χ0) is 20.3. The lowest BCUT2D eigenvalue weighted by Gasteiger charge is -2.11. The molecule has 0 atom stereocenters. The average molecular weight is 401 g/mol. The Bertz CT molecular complexity index is 1050. The van der Waals surface area contributed by atoms with Crippen LogP contribution in [0.25, 0.3) is 0 Å². The molecular formula is C19H17ClN4O4. The van der Waals surface area contributed by atoms with E-state index in [0.29, 0.717) is 10.8 Å². The molecule has 9 heteroatoms. The Morgan fingerprint density at radius 3 is 2.64 bits per heavy atom. The third kappa shape index (κ3) is 4.66.